The molecule has 0 radical (unpaired) electrons. The Bertz CT molecular complexity index is 367. The Morgan fingerprint density at radius 3 is 2.30 bits per heavy atom. The van der Waals surface area contributed by atoms with Crippen LogP contribution in [-0.2, 0) is 11.2 Å². The van der Waals surface area contributed by atoms with E-state index in [1.54, 1.807) is 7.11 Å². The minimum absolute atomic E-state index is 0.702. The fraction of sp³-hybridized carbons (Fsp3) is 0.667. The van der Waals surface area contributed by atoms with Gasteiger partial charge in [-0.1, -0.05) is 43.2 Å². The van der Waals surface area contributed by atoms with Crippen molar-refractivity contribution in [3.8, 4) is 0 Å². The van der Waals surface area contributed by atoms with E-state index in [2.05, 4.69) is 51.2 Å². The number of ether oxygens (including phenoxy) is 1. The van der Waals surface area contributed by atoms with Crippen molar-refractivity contribution in [3.63, 3.8) is 0 Å². The number of hydrogen-bond acceptors (Lipinski definition) is 2. The van der Waals surface area contributed by atoms with Crippen LogP contribution in [0.3, 0.4) is 0 Å². The number of benzene rings is 1. The lowest BCUT2D eigenvalue weighted by Gasteiger charge is -2.20. The van der Waals surface area contributed by atoms with Crippen LogP contribution >= 0.6 is 0 Å². The molecule has 0 spiro atoms. The molecule has 1 aromatic rings. The predicted octanol–water partition coefficient (Wildman–Crippen LogP) is 3.74. The molecule has 1 rings (SSSR count). The van der Waals surface area contributed by atoms with Crippen molar-refractivity contribution in [1.82, 2.24) is 5.32 Å². The highest BCUT2D eigenvalue weighted by Crippen LogP contribution is 2.19. The van der Waals surface area contributed by atoms with E-state index in [0.29, 0.717) is 5.92 Å². The van der Waals surface area contributed by atoms with Crippen LogP contribution in [0.2, 0.25) is 0 Å². The van der Waals surface area contributed by atoms with Crippen LogP contribution in [0.15, 0.2) is 18.2 Å². The highest BCUT2D eigenvalue weighted by molar-refractivity contribution is 5.28. The Balaban J connectivity index is 2.58. The van der Waals surface area contributed by atoms with Crippen LogP contribution in [0.1, 0.15) is 37.0 Å². The van der Waals surface area contributed by atoms with Crippen LogP contribution in [0.4, 0.5) is 0 Å². The highest BCUT2D eigenvalue weighted by Gasteiger charge is 2.12. The molecule has 0 heterocycles. The van der Waals surface area contributed by atoms with E-state index in [9.17, 15) is 0 Å². The summed E-state index contributed by atoms with van der Waals surface area (Å²) >= 11 is 0. The number of methoxy groups -OCH3 is 1. The molecule has 0 saturated carbocycles. The lowest BCUT2D eigenvalue weighted by molar-refractivity contribution is 0.197. The van der Waals surface area contributed by atoms with Gasteiger partial charge in [-0.2, -0.15) is 0 Å². The first-order chi connectivity index (χ1) is 9.51. The largest absolute Gasteiger partial charge is 0.383 e. The van der Waals surface area contributed by atoms with Crippen molar-refractivity contribution in [2.24, 2.45) is 11.8 Å². The molecule has 0 aliphatic rings. The first-order valence-corrected chi connectivity index (χ1v) is 7.78. The van der Waals surface area contributed by atoms with Gasteiger partial charge < -0.3 is 10.1 Å². The molecule has 0 saturated heterocycles. The second-order valence-electron chi connectivity index (χ2n) is 6.39. The van der Waals surface area contributed by atoms with Gasteiger partial charge in [0.05, 0.1) is 6.61 Å². The molecule has 2 nitrogen and oxygen atoms in total. The summed E-state index contributed by atoms with van der Waals surface area (Å²) in [4.78, 5) is 0. The molecule has 1 unspecified atom stereocenters. The van der Waals surface area contributed by atoms with Gasteiger partial charge in [0.1, 0.15) is 0 Å². The zero-order valence-electron chi connectivity index (χ0n) is 13.8. The minimum Gasteiger partial charge on any atom is -0.383 e. The predicted molar refractivity (Wildman–Crippen MR) is 87.3 cm³/mol. The summed E-state index contributed by atoms with van der Waals surface area (Å²) in [5.41, 5.74) is 4.22. The molecule has 0 aromatic heterocycles. The second kappa shape index (κ2) is 9.15. The third kappa shape index (κ3) is 7.06. The van der Waals surface area contributed by atoms with Gasteiger partial charge >= 0.3 is 0 Å². The third-order valence-electron chi connectivity index (χ3n) is 3.53. The molecule has 0 fully saturated rings. The Morgan fingerprint density at radius 2 is 1.75 bits per heavy atom. The SMILES string of the molecule is COCCNCC(Cc1cc(C)cc(C)c1)CC(C)C. The average Bonchev–Trinajstić information content (AvgIpc) is 2.32. The number of hydrogen-bond donors (Lipinski definition) is 1. The molecule has 114 valence electrons. The monoisotopic (exact) mass is 277 g/mol. The topological polar surface area (TPSA) is 21.3 Å². The molecule has 0 bridgehead atoms. The van der Waals surface area contributed by atoms with Crippen molar-refractivity contribution < 1.29 is 4.74 Å². The molecule has 0 aliphatic heterocycles. The number of nitrogens with one attached hydrogen (secondary N) is 1. The van der Waals surface area contributed by atoms with Gasteiger partial charge in [0, 0.05) is 13.7 Å². The maximum absolute atomic E-state index is 5.09. The summed E-state index contributed by atoms with van der Waals surface area (Å²) < 4.78 is 5.09. The molecular weight excluding hydrogens is 246 g/mol. The zero-order chi connectivity index (χ0) is 15.0. The van der Waals surface area contributed by atoms with Crippen molar-refractivity contribution in [1.29, 1.82) is 0 Å². The zero-order valence-corrected chi connectivity index (χ0v) is 13.8. The lowest BCUT2D eigenvalue weighted by Crippen LogP contribution is -2.28. The van der Waals surface area contributed by atoms with Crippen molar-refractivity contribution in [2.45, 2.75) is 40.5 Å². The first-order valence-electron chi connectivity index (χ1n) is 7.78. The summed E-state index contributed by atoms with van der Waals surface area (Å²) in [5.74, 6) is 1.45. The maximum atomic E-state index is 5.09. The van der Waals surface area contributed by atoms with Gasteiger partial charge in [0.25, 0.3) is 0 Å². The molecular formula is C18H31NO. The van der Waals surface area contributed by atoms with E-state index >= 15 is 0 Å². The van der Waals surface area contributed by atoms with Gasteiger partial charge in [-0.15, -0.1) is 0 Å². The van der Waals surface area contributed by atoms with E-state index < -0.39 is 0 Å². The minimum atomic E-state index is 0.702. The molecule has 2 heteroatoms. The smallest absolute Gasteiger partial charge is 0.0587 e. The average molecular weight is 277 g/mol. The maximum Gasteiger partial charge on any atom is 0.0587 e. The first kappa shape index (κ1) is 17.2. The van der Waals surface area contributed by atoms with E-state index in [4.69, 9.17) is 4.74 Å². The van der Waals surface area contributed by atoms with Crippen molar-refractivity contribution in [2.75, 3.05) is 26.8 Å². The Morgan fingerprint density at radius 1 is 1.10 bits per heavy atom. The molecule has 0 amide bonds. The fourth-order valence-electron chi connectivity index (χ4n) is 2.91. The van der Waals surface area contributed by atoms with Crippen molar-refractivity contribution in [3.05, 3.63) is 34.9 Å². The van der Waals surface area contributed by atoms with Gasteiger partial charge in [-0.25, -0.2) is 0 Å². The fourth-order valence-corrected chi connectivity index (χ4v) is 2.91. The molecule has 20 heavy (non-hydrogen) atoms. The van der Waals surface area contributed by atoms with Crippen LogP contribution in [0.25, 0.3) is 0 Å². The quantitative estimate of drug-likeness (QED) is 0.694. The van der Waals surface area contributed by atoms with E-state index in [1.165, 1.54) is 29.5 Å². The van der Waals surface area contributed by atoms with Gasteiger partial charge in [0.2, 0.25) is 0 Å². The van der Waals surface area contributed by atoms with E-state index in [-0.39, 0.29) is 0 Å². The standard InChI is InChI=1S/C18H31NO/c1-14(2)8-18(13-19-6-7-20-5)12-17-10-15(3)9-16(4)11-17/h9-11,14,18-19H,6-8,12-13H2,1-5H3. The normalized spacial score (nSPS) is 12.9. The van der Waals surface area contributed by atoms with Crippen LogP contribution in [0, 0.1) is 25.7 Å². The molecule has 1 aromatic carbocycles. The Kier molecular flexibility index (Phi) is 7.86. The van der Waals surface area contributed by atoms with Gasteiger partial charge in [0.15, 0.2) is 0 Å². The highest BCUT2D eigenvalue weighted by atomic mass is 16.5. The van der Waals surface area contributed by atoms with Crippen LogP contribution in [0.5, 0.6) is 0 Å². The lowest BCUT2D eigenvalue weighted by atomic mass is 9.90. The van der Waals surface area contributed by atoms with Crippen LogP contribution in [-0.4, -0.2) is 26.8 Å². The summed E-state index contributed by atoms with van der Waals surface area (Å²) in [5, 5.41) is 3.52. The Hall–Kier alpha value is -0.860. The molecule has 0 aliphatic carbocycles. The third-order valence-corrected chi connectivity index (χ3v) is 3.53. The van der Waals surface area contributed by atoms with Crippen molar-refractivity contribution >= 4 is 0 Å². The van der Waals surface area contributed by atoms with E-state index in [1.807, 2.05) is 0 Å². The second-order valence-corrected chi connectivity index (χ2v) is 6.39. The number of aryl methyl sites for hydroxylation is 2. The number of rotatable bonds is 9. The van der Waals surface area contributed by atoms with Crippen LogP contribution < -0.4 is 5.32 Å². The summed E-state index contributed by atoms with van der Waals surface area (Å²) in [7, 11) is 1.75. The molecule has 1 N–H and O–H groups in total. The summed E-state index contributed by atoms with van der Waals surface area (Å²) in [6.07, 6.45) is 2.44. The summed E-state index contributed by atoms with van der Waals surface area (Å²) in [6.45, 7) is 11.8. The molecule has 1 atom stereocenters. The summed E-state index contributed by atoms with van der Waals surface area (Å²) in [6, 6.07) is 6.91. The van der Waals surface area contributed by atoms with Gasteiger partial charge in [-0.05, 0) is 50.6 Å². The van der Waals surface area contributed by atoms with E-state index in [0.717, 1.165) is 25.6 Å². The Labute approximate surface area is 124 Å². The van der Waals surface area contributed by atoms with Gasteiger partial charge in [-0.3, -0.25) is 0 Å².